The molecule has 0 bridgehead atoms. The molecule has 5 nitrogen and oxygen atoms in total. The summed E-state index contributed by atoms with van der Waals surface area (Å²) < 4.78 is 5.23. The van der Waals surface area contributed by atoms with Crippen molar-refractivity contribution in [3.63, 3.8) is 0 Å². The quantitative estimate of drug-likeness (QED) is 0.657. The maximum Gasteiger partial charge on any atom is 0.343 e. The summed E-state index contributed by atoms with van der Waals surface area (Å²) in [5.41, 5.74) is 0.369. The molecule has 0 saturated heterocycles. The topological polar surface area (TPSA) is 64.1 Å². The number of carbonyl (C=O) groups excluding carboxylic acids is 1. The minimum Gasteiger partial charge on any atom is -0.459 e. The first-order chi connectivity index (χ1) is 8.22. The van der Waals surface area contributed by atoms with E-state index < -0.39 is 0 Å². The fourth-order valence-electron chi connectivity index (χ4n) is 1.44. The molecular weight excluding hydrogens is 242 g/mol. The van der Waals surface area contributed by atoms with Gasteiger partial charge < -0.3 is 10.1 Å². The molecule has 0 radical (unpaired) electrons. The summed E-state index contributed by atoms with van der Waals surface area (Å²) in [6.45, 7) is 0. The number of rotatable bonds is 4. The molecule has 0 amide bonds. The van der Waals surface area contributed by atoms with Crippen LogP contribution in [0.4, 0.5) is 5.82 Å². The van der Waals surface area contributed by atoms with Crippen molar-refractivity contribution in [3.8, 4) is 0 Å². The normalized spacial score (nSPS) is 18.9. The first-order valence-electron chi connectivity index (χ1n) is 5.72. The molecule has 2 aliphatic rings. The van der Waals surface area contributed by atoms with E-state index in [0.29, 0.717) is 17.4 Å². The number of nitrogens with zero attached hydrogens (tertiary/aromatic N) is 2. The van der Waals surface area contributed by atoms with E-state index in [-0.39, 0.29) is 17.4 Å². The Kier molecular flexibility index (Phi) is 2.63. The molecule has 0 aromatic carbocycles. The lowest BCUT2D eigenvalue weighted by molar-refractivity contribution is 0.0472. The van der Waals surface area contributed by atoms with Crippen LogP contribution in [0.1, 0.15) is 36.0 Å². The molecule has 2 saturated carbocycles. The summed E-state index contributed by atoms with van der Waals surface area (Å²) in [5, 5.41) is 3.30. The molecule has 0 atom stereocenters. The van der Waals surface area contributed by atoms with Gasteiger partial charge in [-0.25, -0.2) is 9.78 Å². The highest BCUT2D eigenvalue weighted by Crippen LogP contribution is 2.28. The van der Waals surface area contributed by atoms with Gasteiger partial charge >= 0.3 is 5.97 Å². The Morgan fingerprint density at radius 1 is 1.41 bits per heavy atom. The Morgan fingerprint density at radius 3 is 2.82 bits per heavy atom. The molecule has 1 N–H and O–H groups in total. The van der Waals surface area contributed by atoms with E-state index >= 15 is 0 Å². The summed E-state index contributed by atoms with van der Waals surface area (Å²) in [6.07, 6.45) is 5.59. The van der Waals surface area contributed by atoms with E-state index in [1.165, 1.54) is 6.20 Å². The van der Waals surface area contributed by atoms with Crippen LogP contribution in [-0.4, -0.2) is 28.1 Å². The third-order valence-corrected chi connectivity index (χ3v) is 2.88. The zero-order chi connectivity index (χ0) is 11.8. The van der Waals surface area contributed by atoms with Crippen LogP contribution in [0, 0.1) is 0 Å². The van der Waals surface area contributed by atoms with Gasteiger partial charge in [0.05, 0.1) is 0 Å². The van der Waals surface area contributed by atoms with Crippen LogP contribution >= 0.6 is 11.6 Å². The lowest BCUT2D eigenvalue weighted by Gasteiger charge is -2.09. The van der Waals surface area contributed by atoms with Gasteiger partial charge in [-0.1, -0.05) is 0 Å². The predicted molar refractivity (Wildman–Crippen MR) is 62.1 cm³/mol. The average Bonchev–Trinajstić information content (AvgIpc) is 3.13. The molecule has 3 rings (SSSR count). The van der Waals surface area contributed by atoms with Gasteiger partial charge in [0.2, 0.25) is 5.28 Å². The summed E-state index contributed by atoms with van der Waals surface area (Å²) in [5.74, 6) is 0.116. The number of hydrogen-bond acceptors (Lipinski definition) is 5. The molecule has 6 heteroatoms. The molecule has 1 aromatic rings. The van der Waals surface area contributed by atoms with E-state index in [4.69, 9.17) is 16.3 Å². The van der Waals surface area contributed by atoms with E-state index in [1.807, 2.05) is 0 Å². The van der Waals surface area contributed by atoms with E-state index in [9.17, 15) is 4.79 Å². The zero-order valence-corrected chi connectivity index (χ0v) is 9.91. The van der Waals surface area contributed by atoms with Gasteiger partial charge in [0.15, 0.2) is 0 Å². The van der Waals surface area contributed by atoms with Crippen LogP contribution in [0.5, 0.6) is 0 Å². The largest absolute Gasteiger partial charge is 0.459 e. The average molecular weight is 254 g/mol. The first kappa shape index (κ1) is 10.8. The molecule has 0 spiro atoms. The molecule has 2 aliphatic carbocycles. The number of anilines is 1. The molecular formula is C11H12ClN3O2. The van der Waals surface area contributed by atoms with Crippen molar-refractivity contribution in [1.29, 1.82) is 0 Å². The van der Waals surface area contributed by atoms with E-state index in [0.717, 1.165) is 25.7 Å². The van der Waals surface area contributed by atoms with E-state index in [1.54, 1.807) is 0 Å². The Morgan fingerprint density at radius 2 is 2.18 bits per heavy atom. The maximum absolute atomic E-state index is 11.8. The maximum atomic E-state index is 11.8. The lowest BCUT2D eigenvalue weighted by atomic mass is 10.3. The first-order valence-corrected chi connectivity index (χ1v) is 6.10. The van der Waals surface area contributed by atoms with Gasteiger partial charge in [-0.15, -0.1) is 0 Å². The molecule has 2 fully saturated rings. The smallest absolute Gasteiger partial charge is 0.343 e. The van der Waals surface area contributed by atoms with E-state index in [2.05, 4.69) is 15.3 Å². The number of aromatic nitrogens is 2. The standard InChI is InChI=1S/C11H12ClN3O2/c12-11-13-5-8(10(16)17-7-3-4-7)9(15-11)14-6-1-2-6/h5-7H,1-4H2,(H,13,14,15). The van der Waals surface area contributed by atoms with Crippen LogP contribution in [-0.2, 0) is 4.74 Å². The number of hydrogen-bond donors (Lipinski definition) is 1. The summed E-state index contributed by atoms with van der Waals surface area (Å²) in [4.78, 5) is 19.7. The van der Waals surface area contributed by atoms with Gasteiger partial charge in [-0.3, -0.25) is 0 Å². The van der Waals surface area contributed by atoms with Crippen LogP contribution in [0.25, 0.3) is 0 Å². The van der Waals surface area contributed by atoms with Crippen molar-refractivity contribution in [2.45, 2.75) is 37.8 Å². The van der Waals surface area contributed by atoms with Crippen molar-refractivity contribution >= 4 is 23.4 Å². The Labute approximate surface area is 104 Å². The third-order valence-electron chi connectivity index (χ3n) is 2.70. The predicted octanol–water partition coefficient (Wildman–Crippen LogP) is 2.02. The highest BCUT2D eigenvalue weighted by Gasteiger charge is 2.29. The van der Waals surface area contributed by atoms with Gasteiger partial charge in [0.1, 0.15) is 17.5 Å². The summed E-state index contributed by atoms with van der Waals surface area (Å²) in [7, 11) is 0. The lowest BCUT2D eigenvalue weighted by Crippen LogP contribution is -2.14. The van der Waals surface area contributed by atoms with Gasteiger partial charge in [-0.05, 0) is 37.3 Å². The second-order valence-corrected chi connectivity index (χ2v) is 4.76. The molecule has 1 aromatic heterocycles. The van der Waals surface area contributed by atoms with Crippen LogP contribution in [0.15, 0.2) is 6.20 Å². The monoisotopic (exact) mass is 253 g/mol. The minimum atomic E-state index is -0.368. The van der Waals surface area contributed by atoms with Crippen molar-refractivity contribution in [2.75, 3.05) is 5.32 Å². The second kappa shape index (κ2) is 4.14. The number of halogens is 1. The fraction of sp³-hybridized carbons (Fsp3) is 0.545. The summed E-state index contributed by atoms with van der Waals surface area (Å²) in [6, 6.07) is 0.397. The Balaban J connectivity index is 1.81. The van der Waals surface area contributed by atoms with Crippen molar-refractivity contribution < 1.29 is 9.53 Å². The second-order valence-electron chi connectivity index (χ2n) is 4.42. The SMILES string of the molecule is O=C(OC1CC1)c1cnc(Cl)nc1NC1CC1. The van der Waals surface area contributed by atoms with Crippen LogP contribution in [0.2, 0.25) is 5.28 Å². The molecule has 0 unspecified atom stereocenters. The molecule has 0 aliphatic heterocycles. The number of carbonyl (C=O) groups is 1. The van der Waals surface area contributed by atoms with Crippen molar-refractivity contribution in [2.24, 2.45) is 0 Å². The number of ether oxygens (including phenoxy) is 1. The fourth-order valence-corrected chi connectivity index (χ4v) is 1.57. The van der Waals surface area contributed by atoms with Crippen LogP contribution < -0.4 is 5.32 Å². The van der Waals surface area contributed by atoms with Crippen molar-refractivity contribution in [3.05, 3.63) is 17.0 Å². The summed E-state index contributed by atoms with van der Waals surface area (Å²) >= 11 is 5.73. The molecule has 1 heterocycles. The van der Waals surface area contributed by atoms with Gasteiger partial charge in [-0.2, -0.15) is 4.98 Å². The third kappa shape index (κ3) is 2.66. The van der Waals surface area contributed by atoms with Gasteiger partial charge in [0.25, 0.3) is 0 Å². The highest BCUT2D eigenvalue weighted by atomic mass is 35.5. The minimum absolute atomic E-state index is 0.0759. The van der Waals surface area contributed by atoms with Gasteiger partial charge in [0, 0.05) is 12.2 Å². The van der Waals surface area contributed by atoms with Crippen molar-refractivity contribution in [1.82, 2.24) is 9.97 Å². The molecule has 90 valence electrons. The zero-order valence-electron chi connectivity index (χ0n) is 9.15. The molecule has 17 heavy (non-hydrogen) atoms. The number of nitrogens with one attached hydrogen (secondary N) is 1. The number of esters is 1. The highest BCUT2D eigenvalue weighted by molar-refractivity contribution is 6.28. The Hall–Kier alpha value is -1.36. The Bertz CT molecular complexity index is 458. The van der Waals surface area contributed by atoms with Crippen LogP contribution in [0.3, 0.4) is 0 Å².